The average Bonchev–Trinajstić information content (AvgIpc) is 3.18. The Hall–Kier alpha value is -1.69. The summed E-state index contributed by atoms with van der Waals surface area (Å²) in [6.07, 6.45) is 11.6. The van der Waals surface area contributed by atoms with Crippen LogP contribution in [-0.2, 0) is 6.54 Å². The van der Waals surface area contributed by atoms with Gasteiger partial charge in [-0.3, -0.25) is 9.80 Å². The van der Waals surface area contributed by atoms with Gasteiger partial charge in [0.1, 0.15) is 5.82 Å². The van der Waals surface area contributed by atoms with E-state index in [2.05, 4.69) is 43.7 Å². The summed E-state index contributed by atoms with van der Waals surface area (Å²) in [6.45, 7) is 4.49. The van der Waals surface area contributed by atoms with Gasteiger partial charge in [-0.05, 0) is 43.5 Å². The van der Waals surface area contributed by atoms with Crippen molar-refractivity contribution in [2.75, 3.05) is 26.2 Å². The molecule has 0 spiro atoms. The molecule has 1 saturated heterocycles. The summed E-state index contributed by atoms with van der Waals surface area (Å²) in [5.41, 5.74) is 1.28. The number of piperazine rings is 1. The molecule has 1 atom stereocenters. The van der Waals surface area contributed by atoms with Gasteiger partial charge in [0.25, 0.3) is 0 Å². The molecule has 5 heteroatoms. The van der Waals surface area contributed by atoms with E-state index < -0.39 is 0 Å². The maximum absolute atomic E-state index is 9.61. The van der Waals surface area contributed by atoms with E-state index >= 15 is 0 Å². The van der Waals surface area contributed by atoms with Crippen LogP contribution >= 0.6 is 0 Å². The lowest BCUT2D eigenvalue weighted by Crippen LogP contribution is -2.56. The van der Waals surface area contributed by atoms with Crippen molar-refractivity contribution in [3.05, 3.63) is 48.4 Å². The Morgan fingerprint density at radius 3 is 2.70 bits per heavy atom. The van der Waals surface area contributed by atoms with Gasteiger partial charge in [-0.25, -0.2) is 4.98 Å². The van der Waals surface area contributed by atoms with E-state index in [1.165, 1.54) is 37.8 Å². The molecule has 0 radical (unpaired) electrons. The van der Waals surface area contributed by atoms with Crippen molar-refractivity contribution in [3.63, 3.8) is 0 Å². The van der Waals surface area contributed by atoms with Gasteiger partial charge in [-0.1, -0.05) is 25.3 Å². The van der Waals surface area contributed by atoms with Crippen molar-refractivity contribution in [3.8, 4) is 5.82 Å². The standard InChI is InChI=1S/C22H32N4O/c27-16-11-21-18-24(14-15-25(21)19-7-2-1-3-8-19)17-20-9-6-13-26(20)22-10-4-5-12-23-22/h4-6,9-10,12-13,19,21,27H,1-3,7-8,11,14-18H2/t21-/m0/s1. The molecular weight excluding hydrogens is 336 g/mol. The van der Waals surface area contributed by atoms with Crippen LogP contribution in [0.15, 0.2) is 42.7 Å². The molecule has 1 N–H and O–H groups in total. The first-order valence-corrected chi connectivity index (χ1v) is 10.5. The third-order valence-corrected chi connectivity index (χ3v) is 6.23. The second-order valence-electron chi connectivity index (χ2n) is 7.99. The first kappa shape index (κ1) is 18.7. The fraction of sp³-hybridized carbons (Fsp3) is 0.591. The smallest absolute Gasteiger partial charge is 0.136 e. The summed E-state index contributed by atoms with van der Waals surface area (Å²) in [5, 5.41) is 9.61. The molecule has 0 bridgehead atoms. The van der Waals surface area contributed by atoms with Gasteiger partial charge in [0, 0.05) is 63.0 Å². The number of rotatable bonds is 6. The predicted octanol–water partition coefficient (Wildman–Crippen LogP) is 3.07. The van der Waals surface area contributed by atoms with Crippen LogP contribution in [0.4, 0.5) is 0 Å². The summed E-state index contributed by atoms with van der Waals surface area (Å²) >= 11 is 0. The summed E-state index contributed by atoms with van der Waals surface area (Å²) in [7, 11) is 0. The van der Waals surface area contributed by atoms with E-state index in [9.17, 15) is 5.11 Å². The van der Waals surface area contributed by atoms with E-state index in [0.29, 0.717) is 6.04 Å². The zero-order valence-corrected chi connectivity index (χ0v) is 16.2. The van der Waals surface area contributed by atoms with Crippen LogP contribution in [0.25, 0.3) is 5.82 Å². The van der Waals surface area contributed by atoms with Gasteiger partial charge in [-0.15, -0.1) is 0 Å². The lowest BCUT2D eigenvalue weighted by Gasteiger charge is -2.46. The molecule has 146 valence electrons. The molecule has 4 rings (SSSR count). The molecular formula is C22H32N4O. The molecule has 0 aromatic carbocycles. The van der Waals surface area contributed by atoms with Crippen molar-refractivity contribution < 1.29 is 5.11 Å². The zero-order chi connectivity index (χ0) is 18.5. The van der Waals surface area contributed by atoms with E-state index in [-0.39, 0.29) is 6.61 Å². The molecule has 27 heavy (non-hydrogen) atoms. The Balaban J connectivity index is 1.43. The maximum Gasteiger partial charge on any atom is 0.136 e. The molecule has 0 unspecified atom stereocenters. The van der Waals surface area contributed by atoms with Crippen molar-refractivity contribution in [2.24, 2.45) is 0 Å². The monoisotopic (exact) mass is 368 g/mol. The van der Waals surface area contributed by atoms with Crippen molar-refractivity contribution in [1.29, 1.82) is 0 Å². The first-order chi connectivity index (χ1) is 13.3. The molecule has 1 saturated carbocycles. The van der Waals surface area contributed by atoms with Crippen LogP contribution in [0.1, 0.15) is 44.2 Å². The highest BCUT2D eigenvalue weighted by Crippen LogP contribution is 2.27. The summed E-state index contributed by atoms with van der Waals surface area (Å²) in [6, 6.07) is 11.6. The van der Waals surface area contributed by atoms with E-state index in [4.69, 9.17) is 0 Å². The lowest BCUT2D eigenvalue weighted by molar-refractivity contribution is 0.0131. The largest absolute Gasteiger partial charge is 0.396 e. The quantitative estimate of drug-likeness (QED) is 0.851. The Labute approximate surface area is 162 Å². The zero-order valence-electron chi connectivity index (χ0n) is 16.2. The van der Waals surface area contributed by atoms with Gasteiger partial charge < -0.3 is 9.67 Å². The van der Waals surface area contributed by atoms with Gasteiger partial charge in [0.05, 0.1) is 0 Å². The fourth-order valence-electron chi connectivity index (χ4n) is 4.87. The van der Waals surface area contributed by atoms with E-state index in [1.807, 2.05) is 18.3 Å². The van der Waals surface area contributed by atoms with Crippen molar-refractivity contribution in [1.82, 2.24) is 19.4 Å². The van der Waals surface area contributed by atoms with Gasteiger partial charge in [0.15, 0.2) is 0 Å². The molecule has 2 aliphatic rings. The minimum Gasteiger partial charge on any atom is -0.396 e. The average molecular weight is 369 g/mol. The molecule has 1 aliphatic carbocycles. The number of aliphatic hydroxyl groups is 1. The van der Waals surface area contributed by atoms with Crippen molar-refractivity contribution >= 4 is 0 Å². The van der Waals surface area contributed by atoms with Gasteiger partial charge in [0.2, 0.25) is 0 Å². The van der Waals surface area contributed by atoms with Crippen LogP contribution < -0.4 is 0 Å². The number of aliphatic hydroxyl groups excluding tert-OH is 1. The third kappa shape index (κ3) is 4.42. The minimum atomic E-state index is 0.284. The Morgan fingerprint density at radius 1 is 1.04 bits per heavy atom. The number of pyridine rings is 1. The predicted molar refractivity (Wildman–Crippen MR) is 108 cm³/mol. The van der Waals surface area contributed by atoms with Crippen LogP contribution in [0.3, 0.4) is 0 Å². The molecule has 5 nitrogen and oxygen atoms in total. The second kappa shape index (κ2) is 9.00. The number of hydrogen-bond donors (Lipinski definition) is 1. The first-order valence-electron chi connectivity index (χ1n) is 10.5. The van der Waals surface area contributed by atoms with Crippen LogP contribution in [-0.4, -0.2) is 62.8 Å². The minimum absolute atomic E-state index is 0.284. The highest BCUT2D eigenvalue weighted by molar-refractivity contribution is 5.27. The molecule has 1 aliphatic heterocycles. The normalized spacial score (nSPS) is 22.9. The number of nitrogens with zero attached hydrogens (tertiary/aromatic N) is 4. The third-order valence-electron chi connectivity index (χ3n) is 6.23. The molecule has 2 fully saturated rings. The molecule has 3 heterocycles. The topological polar surface area (TPSA) is 44.5 Å². The van der Waals surface area contributed by atoms with Crippen LogP contribution in [0, 0.1) is 0 Å². The Morgan fingerprint density at radius 2 is 1.93 bits per heavy atom. The fourth-order valence-corrected chi connectivity index (χ4v) is 4.87. The highest BCUT2D eigenvalue weighted by Gasteiger charge is 2.32. The lowest BCUT2D eigenvalue weighted by atomic mass is 9.92. The van der Waals surface area contributed by atoms with E-state index in [0.717, 1.165) is 44.5 Å². The highest BCUT2D eigenvalue weighted by atomic mass is 16.3. The SMILES string of the molecule is OCC[C@H]1CN(Cc2cccn2-c2ccccn2)CCN1C1CCCCC1. The van der Waals surface area contributed by atoms with Crippen LogP contribution in [0.2, 0.25) is 0 Å². The van der Waals surface area contributed by atoms with Gasteiger partial charge >= 0.3 is 0 Å². The Kier molecular flexibility index (Phi) is 6.22. The summed E-state index contributed by atoms with van der Waals surface area (Å²) < 4.78 is 2.19. The molecule has 0 amide bonds. The second-order valence-corrected chi connectivity index (χ2v) is 7.99. The van der Waals surface area contributed by atoms with Crippen LogP contribution in [0.5, 0.6) is 0 Å². The maximum atomic E-state index is 9.61. The summed E-state index contributed by atoms with van der Waals surface area (Å²) in [5.74, 6) is 0.977. The number of hydrogen-bond acceptors (Lipinski definition) is 4. The molecule has 2 aromatic rings. The number of aromatic nitrogens is 2. The van der Waals surface area contributed by atoms with Gasteiger partial charge in [-0.2, -0.15) is 0 Å². The Bertz CT molecular complexity index is 695. The van der Waals surface area contributed by atoms with Crippen molar-refractivity contribution in [2.45, 2.75) is 57.2 Å². The van der Waals surface area contributed by atoms with E-state index in [1.54, 1.807) is 0 Å². The summed E-state index contributed by atoms with van der Waals surface area (Å²) in [4.78, 5) is 9.76. The molecule has 2 aromatic heterocycles.